The Morgan fingerprint density at radius 2 is 0.949 bits per heavy atom. The summed E-state index contributed by atoms with van der Waals surface area (Å²) in [7, 11) is 0. The lowest BCUT2D eigenvalue weighted by Crippen LogP contribution is -2.19. The van der Waals surface area contributed by atoms with Gasteiger partial charge in [0.25, 0.3) is 0 Å². The first kappa shape index (κ1) is 44.9. The quantitative estimate of drug-likeness (QED) is 0.0620. The first-order chi connectivity index (χ1) is 28.1. The van der Waals surface area contributed by atoms with Gasteiger partial charge in [-0.25, -0.2) is 0 Å². The Hall–Kier alpha value is -3.68. The number of carboxylic acid groups (broad SMARTS) is 4. The highest BCUT2D eigenvalue weighted by Gasteiger charge is 2.59. The molecule has 324 valence electrons. The van der Waals surface area contributed by atoms with E-state index in [1.807, 2.05) is 0 Å². The Morgan fingerprint density at radius 1 is 0.492 bits per heavy atom. The fraction of sp³-hybridized carbons (Fsp3) is 0.686. The molecule has 4 aliphatic carbocycles. The minimum absolute atomic E-state index is 0.103. The second-order valence-electron chi connectivity index (χ2n) is 19.9. The van der Waals surface area contributed by atoms with Crippen LogP contribution in [-0.4, -0.2) is 44.3 Å². The van der Waals surface area contributed by atoms with Crippen molar-refractivity contribution in [2.75, 3.05) is 0 Å². The molecule has 0 heterocycles. The molecule has 4 aliphatic rings. The number of benzene rings is 2. The minimum Gasteiger partial charge on any atom is -0.481 e. The van der Waals surface area contributed by atoms with Crippen LogP contribution in [0.1, 0.15) is 185 Å². The van der Waals surface area contributed by atoms with Gasteiger partial charge in [-0.2, -0.15) is 0 Å². The van der Waals surface area contributed by atoms with Crippen LogP contribution >= 0.6 is 0 Å². The van der Waals surface area contributed by atoms with Crippen LogP contribution in [0, 0.1) is 55.3 Å². The smallest absolute Gasteiger partial charge is 0.309 e. The van der Waals surface area contributed by atoms with E-state index < -0.39 is 45.5 Å². The summed E-state index contributed by atoms with van der Waals surface area (Å²) in [4.78, 5) is 48.1. The number of aryl methyl sites for hydroxylation is 3. The Labute approximate surface area is 353 Å². The van der Waals surface area contributed by atoms with Crippen molar-refractivity contribution in [1.82, 2.24) is 0 Å². The van der Waals surface area contributed by atoms with E-state index >= 15 is 0 Å². The predicted octanol–water partition coefficient (Wildman–Crippen LogP) is 11.5. The van der Waals surface area contributed by atoms with Gasteiger partial charge < -0.3 is 20.4 Å². The Kier molecular flexibility index (Phi) is 14.1. The van der Waals surface area contributed by atoms with Gasteiger partial charge >= 0.3 is 23.9 Å². The van der Waals surface area contributed by atoms with E-state index in [9.17, 15) is 39.6 Å². The maximum absolute atomic E-state index is 12.9. The third-order valence-corrected chi connectivity index (χ3v) is 16.0. The maximum atomic E-state index is 12.9. The average Bonchev–Trinajstić information content (AvgIpc) is 3.99. The molecule has 0 radical (unpaired) electrons. The summed E-state index contributed by atoms with van der Waals surface area (Å²) in [5.41, 5.74) is 9.89. The van der Waals surface area contributed by atoms with Crippen LogP contribution < -0.4 is 0 Å². The summed E-state index contributed by atoms with van der Waals surface area (Å²) in [6.45, 7) is 8.78. The fourth-order valence-corrected chi connectivity index (χ4v) is 10.7. The molecule has 4 fully saturated rings. The van der Waals surface area contributed by atoms with E-state index in [1.165, 1.54) is 50.1 Å². The predicted molar refractivity (Wildman–Crippen MR) is 231 cm³/mol. The molecule has 2 aromatic carbocycles. The third-order valence-electron chi connectivity index (χ3n) is 16.0. The van der Waals surface area contributed by atoms with Crippen molar-refractivity contribution in [2.45, 2.75) is 195 Å². The monoisotopic (exact) mass is 813 g/mol. The van der Waals surface area contributed by atoms with Crippen LogP contribution in [-0.2, 0) is 51.3 Å². The molecule has 0 amide bonds. The molecular weight excluding hydrogens is 741 g/mol. The molecule has 0 bridgehead atoms. The Morgan fingerprint density at radius 3 is 1.46 bits per heavy atom. The first-order valence-electron chi connectivity index (χ1n) is 23.2. The molecule has 2 unspecified atom stereocenters. The summed E-state index contributed by atoms with van der Waals surface area (Å²) in [5, 5.41) is 39.5. The minimum atomic E-state index is -0.679. The second-order valence-corrected chi connectivity index (χ2v) is 19.9. The summed E-state index contributed by atoms with van der Waals surface area (Å²) >= 11 is 0. The maximum Gasteiger partial charge on any atom is 0.309 e. The van der Waals surface area contributed by atoms with Gasteiger partial charge in [-0.15, -0.1) is 0 Å². The average molecular weight is 813 g/mol. The van der Waals surface area contributed by atoms with Gasteiger partial charge in [-0.05, 0) is 212 Å². The molecule has 0 aromatic heterocycles. The number of aliphatic carboxylic acids is 4. The van der Waals surface area contributed by atoms with E-state index in [0.717, 1.165) is 148 Å². The number of rotatable bonds is 28. The fourth-order valence-electron chi connectivity index (χ4n) is 10.7. The van der Waals surface area contributed by atoms with E-state index in [4.69, 9.17) is 0 Å². The van der Waals surface area contributed by atoms with Gasteiger partial charge in [0, 0.05) is 0 Å². The van der Waals surface area contributed by atoms with Crippen LogP contribution in [0.3, 0.4) is 0 Å². The van der Waals surface area contributed by atoms with Gasteiger partial charge in [0.1, 0.15) is 0 Å². The lowest BCUT2D eigenvalue weighted by Gasteiger charge is -2.20. The highest BCUT2D eigenvalue weighted by atomic mass is 16.4. The van der Waals surface area contributed by atoms with Crippen molar-refractivity contribution in [1.29, 1.82) is 0 Å². The highest BCUT2D eigenvalue weighted by Crippen LogP contribution is 2.58. The Bertz CT molecular complexity index is 1880. The van der Waals surface area contributed by atoms with Crippen LogP contribution in [0.15, 0.2) is 18.2 Å². The lowest BCUT2D eigenvalue weighted by atomic mass is 9.85. The second kappa shape index (κ2) is 18.5. The first-order valence-corrected chi connectivity index (χ1v) is 23.2. The number of hydrogen-bond acceptors (Lipinski definition) is 4. The molecule has 4 saturated carbocycles. The normalized spacial score (nSPS) is 21.5. The van der Waals surface area contributed by atoms with Gasteiger partial charge in [-0.3, -0.25) is 19.2 Å². The summed E-state index contributed by atoms with van der Waals surface area (Å²) < 4.78 is 0. The Balaban J connectivity index is 1.04. The molecule has 8 nitrogen and oxygen atoms in total. The summed E-state index contributed by atoms with van der Waals surface area (Å²) in [5.74, 6) is -2.51. The van der Waals surface area contributed by atoms with Gasteiger partial charge in [0.05, 0.1) is 21.7 Å². The molecule has 59 heavy (non-hydrogen) atoms. The number of carboxylic acids is 4. The number of hydrogen-bond donors (Lipinski definition) is 4. The van der Waals surface area contributed by atoms with Crippen molar-refractivity contribution >= 4 is 23.9 Å². The molecule has 0 spiro atoms. The van der Waals surface area contributed by atoms with Gasteiger partial charge in [0.15, 0.2) is 0 Å². The zero-order chi connectivity index (χ0) is 42.6. The third kappa shape index (κ3) is 10.4. The zero-order valence-electron chi connectivity index (χ0n) is 36.6. The van der Waals surface area contributed by atoms with E-state index in [1.54, 1.807) is 0 Å². The van der Waals surface area contributed by atoms with E-state index in [2.05, 4.69) is 45.9 Å². The van der Waals surface area contributed by atoms with Crippen molar-refractivity contribution in [3.05, 3.63) is 68.3 Å². The standard InChI is InChI=1S/C51H72O8/c1-34-19-20-39(43(18-10-14-23-50(29-30-50)46(56)57)41(34)16-7-5-11-21-48(25-26-48)44(52)53)32-40-33-51(40,47(58)59)24-12-6-8-17-42-37(4)36(3)35(2)31-38(42)15-9-13-22-49(27-28-49)45(54)55/h19-20,31,40H,5-18,21-30,32-33H2,1-4H3,(H,52,53)(H,54,55)(H,56,57)(H,58,59). The summed E-state index contributed by atoms with van der Waals surface area (Å²) in [6.07, 6.45) is 22.4. The number of unbranched alkanes of at least 4 members (excludes halogenated alkanes) is 6. The topological polar surface area (TPSA) is 149 Å². The number of carbonyl (C=O) groups is 4. The lowest BCUT2D eigenvalue weighted by molar-refractivity contribution is -0.145. The molecule has 2 atom stereocenters. The molecular formula is C51H72O8. The molecule has 0 aliphatic heterocycles. The highest BCUT2D eigenvalue weighted by molar-refractivity contribution is 5.79. The van der Waals surface area contributed by atoms with Crippen LogP contribution in [0.2, 0.25) is 0 Å². The van der Waals surface area contributed by atoms with Crippen LogP contribution in [0.4, 0.5) is 0 Å². The van der Waals surface area contributed by atoms with Crippen LogP contribution in [0.25, 0.3) is 0 Å². The van der Waals surface area contributed by atoms with Crippen molar-refractivity contribution < 1.29 is 39.6 Å². The molecule has 8 heteroatoms. The summed E-state index contributed by atoms with van der Waals surface area (Å²) in [6, 6.07) is 6.77. The molecule has 4 N–H and O–H groups in total. The van der Waals surface area contributed by atoms with Crippen molar-refractivity contribution in [3.8, 4) is 0 Å². The van der Waals surface area contributed by atoms with Crippen molar-refractivity contribution in [3.63, 3.8) is 0 Å². The SMILES string of the molecule is Cc1cc(CCCCC2(C(=O)O)CC2)c(CCCCCC2(C(=O)O)CC2Cc2ccc(C)c(CCCCCC3(C(=O)O)CC3)c2CCCCC2(C(=O)O)CC2)c(C)c1C. The van der Waals surface area contributed by atoms with Crippen LogP contribution in [0.5, 0.6) is 0 Å². The van der Waals surface area contributed by atoms with Gasteiger partial charge in [-0.1, -0.05) is 56.7 Å². The van der Waals surface area contributed by atoms with E-state index in [-0.39, 0.29) is 5.92 Å². The van der Waals surface area contributed by atoms with E-state index in [0.29, 0.717) is 19.3 Å². The zero-order valence-corrected chi connectivity index (χ0v) is 36.6. The molecule has 6 rings (SSSR count). The van der Waals surface area contributed by atoms with Gasteiger partial charge in [0.2, 0.25) is 0 Å². The molecule has 0 saturated heterocycles. The molecule has 2 aromatic rings. The van der Waals surface area contributed by atoms with Crippen molar-refractivity contribution in [2.24, 2.45) is 27.6 Å². The largest absolute Gasteiger partial charge is 0.481 e.